The van der Waals surface area contributed by atoms with Crippen LogP contribution in [0.25, 0.3) is 0 Å². The Balaban J connectivity index is 2.15. The number of carbonyl (C=O) groups is 1. The van der Waals surface area contributed by atoms with E-state index >= 15 is 0 Å². The van der Waals surface area contributed by atoms with Crippen molar-refractivity contribution in [1.82, 2.24) is 0 Å². The Hall–Kier alpha value is -1.71. The number of ether oxygens (including phenoxy) is 2. The molecule has 1 atom stereocenters. The predicted molar refractivity (Wildman–Crippen MR) is 85.3 cm³/mol. The van der Waals surface area contributed by atoms with Crippen LogP contribution in [0.1, 0.15) is 52.4 Å². The molecule has 0 radical (unpaired) electrons. The minimum absolute atomic E-state index is 0.319. The van der Waals surface area contributed by atoms with Gasteiger partial charge in [0.25, 0.3) is 0 Å². The molecule has 2 N–H and O–H groups in total. The van der Waals surface area contributed by atoms with E-state index in [2.05, 4.69) is 6.92 Å². The molecule has 0 fully saturated rings. The van der Waals surface area contributed by atoms with E-state index in [0.717, 1.165) is 12.8 Å². The number of carbonyl (C=O) groups excluding carboxylic acids is 1. The summed E-state index contributed by atoms with van der Waals surface area (Å²) in [6, 6.07) is 6.97. The molecule has 1 aromatic rings. The number of nitrogen functional groups attached to an aromatic ring is 1. The fourth-order valence-corrected chi connectivity index (χ4v) is 1.97. The van der Waals surface area contributed by atoms with E-state index in [1.807, 2.05) is 0 Å². The summed E-state index contributed by atoms with van der Waals surface area (Å²) in [5.41, 5.74) is 6.26. The molecule has 1 aromatic carbocycles. The van der Waals surface area contributed by atoms with Crippen molar-refractivity contribution >= 4 is 11.7 Å². The Kier molecular flexibility index (Phi) is 8.32. The molecule has 0 aromatic heterocycles. The zero-order valence-electron chi connectivity index (χ0n) is 13.1. The van der Waals surface area contributed by atoms with Gasteiger partial charge in [0.05, 0.1) is 6.61 Å². The number of anilines is 1. The monoisotopic (exact) mass is 293 g/mol. The van der Waals surface area contributed by atoms with Gasteiger partial charge in [0, 0.05) is 5.69 Å². The fourth-order valence-electron chi connectivity index (χ4n) is 1.97. The summed E-state index contributed by atoms with van der Waals surface area (Å²) in [6.07, 6.45) is 6.43. The number of unbranched alkanes of at least 4 members (excludes halogenated alkanes) is 5. The third kappa shape index (κ3) is 7.59. The molecule has 1 unspecified atom stereocenters. The van der Waals surface area contributed by atoms with Crippen LogP contribution in [0.15, 0.2) is 24.3 Å². The van der Waals surface area contributed by atoms with E-state index < -0.39 is 6.10 Å². The second-order valence-electron chi connectivity index (χ2n) is 5.26. The normalized spacial score (nSPS) is 11.9. The van der Waals surface area contributed by atoms with E-state index in [1.54, 1.807) is 31.2 Å². The second-order valence-corrected chi connectivity index (χ2v) is 5.26. The van der Waals surface area contributed by atoms with Crippen LogP contribution >= 0.6 is 0 Å². The van der Waals surface area contributed by atoms with Gasteiger partial charge in [-0.2, -0.15) is 0 Å². The number of rotatable bonds is 10. The molecule has 0 spiro atoms. The van der Waals surface area contributed by atoms with E-state index in [9.17, 15) is 4.79 Å². The molecule has 0 saturated heterocycles. The average molecular weight is 293 g/mol. The molecule has 0 bridgehead atoms. The Morgan fingerprint density at radius 1 is 1.10 bits per heavy atom. The quantitative estimate of drug-likeness (QED) is 0.403. The van der Waals surface area contributed by atoms with E-state index in [-0.39, 0.29) is 5.97 Å². The molecule has 21 heavy (non-hydrogen) atoms. The standard InChI is InChI=1S/C17H27NO3/c1-3-4-5-6-7-8-13-20-17(19)14(2)21-16-11-9-15(18)10-12-16/h9-12,14H,3-8,13,18H2,1-2H3. The summed E-state index contributed by atoms with van der Waals surface area (Å²) in [5, 5.41) is 0. The maximum absolute atomic E-state index is 11.8. The van der Waals surface area contributed by atoms with Gasteiger partial charge in [-0.05, 0) is 37.6 Å². The smallest absolute Gasteiger partial charge is 0.347 e. The Morgan fingerprint density at radius 3 is 2.38 bits per heavy atom. The number of benzene rings is 1. The summed E-state index contributed by atoms with van der Waals surface area (Å²) in [6.45, 7) is 4.37. The lowest BCUT2D eigenvalue weighted by atomic mass is 10.1. The summed E-state index contributed by atoms with van der Waals surface area (Å²) >= 11 is 0. The maximum atomic E-state index is 11.8. The first-order chi connectivity index (χ1) is 10.1. The zero-order valence-corrected chi connectivity index (χ0v) is 13.1. The molecule has 0 aliphatic heterocycles. The highest BCUT2D eigenvalue weighted by atomic mass is 16.6. The summed E-state index contributed by atoms with van der Waals surface area (Å²) in [5.74, 6) is 0.300. The SMILES string of the molecule is CCCCCCCCOC(=O)C(C)Oc1ccc(N)cc1. The van der Waals surface area contributed by atoms with Crippen LogP contribution in [0.4, 0.5) is 5.69 Å². The Bertz CT molecular complexity index is 403. The molecular formula is C17H27NO3. The summed E-state index contributed by atoms with van der Waals surface area (Å²) in [4.78, 5) is 11.8. The van der Waals surface area contributed by atoms with Crippen molar-refractivity contribution in [3.05, 3.63) is 24.3 Å². The molecule has 1 rings (SSSR count). The van der Waals surface area contributed by atoms with Gasteiger partial charge < -0.3 is 15.2 Å². The topological polar surface area (TPSA) is 61.5 Å². The number of esters is 1. The first kappa shape index (κ1) is 17.3. The van der Waals surface area contributed by atoms with Gasteiger partial charge in [0.1, 0.15) is 5.75 Å². The Morgan fingerprint density at radius 2 is 1.71 bits per heavy atom. The lowest BCUT2D eigenvalue weighted by Crippen LogP contribution is -2.26. The number of nitrogens with two attached hydrogens (primary N) is 1. The minimum atomic E-state index is -0.603. The molecule has 0 heterocycles. The average Bonchev–Trinajstić information content (AvgIpc) is 2.48. The van der Waals surface area contributed by atoms with Crippen molar-refractivity contribution in [2.75, 3.05) is 12.3 Å². The van der Waals surface area contributed by atoms with Gasteiger partial charge in [-0.25, -0.2) is 4.79 Å². The zero-order chi connectivity index (χ0) is 15.5. The maximum Gasteiger partial charge on any atom is 0.347 e. The molecular weight excluding hydrogens is 266 g/mol. The van der Waals surface area contributed by atoms with Crippen molar-refractivity contribution in [2.45, 2.75) is 58.5 Å². The largest absolute Gasteiger partial charge is 0.479 e. The first-order valence-electron chi connectivity index (χ1n) is 7.82. The molecule has 4 heteroatoms. The lowest BCUT2D eigenvalue weighted by Gasteiger charge is -2.14. The van der Waals surface area contributed by atoms with E-state index in [1.165, 1.54) is 25.7 Å². The van der Waals surface area contributed by atoms with Crippen LogP contribution in [0.3, 0.4) is 0 Å². The van der Waals surface area contributed by atoms with Crippen molar-refractivity contribution in [3.63, 3.8) is 0 Å². The molecule has 0 amide bonds. The van der Waals surface area contributed by atoms with Crippen molar-refractivity contribution < 1.29 is 14.3 Å². The number of hydrogen-bond donors (Lipinski definition) is 1. The molecule has 0 saturated carbocycles. The van der Waals surface area contributed by atoms with Crippen LogP contribution in [0.5, 0.6) is 5.75 Å². The van der Waals surface area contributed by atoms with Crippen molar-refractivity contribution in [3.8, 4) is 5.75 Å². The molecule has 0 aliphatic rings. The summed E-state index contributed by atoms with van der Waals surface area (Å²) < 4.78 is 10.7. The Labute approximate surface area is 127 Å². The summed E-state index contributed by atoms with van der Waals surface area (Å²) in [7, 11) is 0. The van der Waals surface area contributed by atoms with E-state index in [0.29, 0.717) is 18.0 Å². The van der Waals surface area contributed by atoms with Crippen LogP contribution < -0.4 is 10.5 Å². The molecule has 4 nitrogen and oxygen atoms in total. The van der Waals surface area contributed by atoms with Gasteiger partial charge >= 0.3 is 5.97 Å². The van der Waals surface area contributed by atoms with Gasteiger partial charge in [0.2, 0.25) is 0 Å². The number of hydrogen-bond acceptors (Lipinski definition) is 4. The van der Waals surface area contributed by atoms with Gasteiger partial charge in [-0.15, -0.1) is 0 Å². The minimum Gasteiger partial charge on any atom is -0.479 e. The second kappa shape index (κ2) is 10.1. The third-order valence-electron chi connectivity index (χ3n) is 3.27. The fraction of sp³-hybridized carbons (Fsp3) is 0.588. The van der Waals surface area contributed by atoms with Gasteiger partial charge in [-0.1, -0.05) is 39.0 Å². The van der Waals surface area contributed by atoms with Crippen molar-refractivity contribution in [1.29, 1.82) is 0 Å². The van der Waals surface area contributed by atoms with E-state index in [4.69, 9.17) is 15.2 Å². The highest BCUT2D eigenvalue weighted by molar-refractivity contribution is 5.74. The van der Waals surface area contributed by atoms with Crippen LogP contribution in [0, 0.1) is 0 Å². The first-order valence-corrected chi connectivity index (χ1v) is 7.82. The molecule has 0 aliphatic carbocycles. The van der Waals surface area contributed by atoms with Crippen molar-refractivity contribution in [2.24, 2.45) is 0 Å². The van der Waals surface area contributed by atoms with Gasteiger partial charge in [-0.3, -0.25) is 0 Å². The molecule has 118 valence electrons. The highest BCUT2D eigenvalue weighted by Crippen LogP contribution is 2.15. The highest BCUT2D eigenvalue weighted by Gasteiger charge is 2.15. The predicted octanol–water partition coefficient (Wildman–Crippen LogP) is 3.94. The van der Waals surface area contributed by atoms with Crippen LogP contribution in [0.2, 0.25) is 0 Å². The third-order valence-corrected chi connectivity index (χ3v) is 3.27. The van der Waals surface area contributed by atoms with Crippen LogP contribution in [-0.4, -0.2) is 18.7 Å². The van der Waals surface area contributed by atoms with Crippen LogP contribution in [-0.2, 0) is 9.53 Å². The lowest BCUT2D eigenvalue weighted by molar-refractivity contribution is -0.151. The van der Waals surface area contributed by atoms with Gasteiger partial charge in [0.15, 0.2) is 6.10 Å².